The van der Waals surface area contributed by atoms with Gasteiger partial charge in [-0.15, -0.1) is 0 Å². The molecular formula is C15H15NO3. The number of rotatable bonds is 5. The van der Waals surface area contributed by atoms with Crippen molar-refractivity contribution in [1.82, 2.24) is 0 Å². The van der Waals surface area contributed by atoms with Gasteiger partial charge in [-0.05, 0) is 31.2 Å². The quantitative estimate of drug-likeness (QED) is 0.895. The number of amides is 1. The van der Waals surface area contributed by atoms with Gasteiger partial charge in [0.1, 0.15) is 17.2 Å². The number of ether oxygens (including phenoxy) is 2. The molecule has 0 aliphatic heterocycles. The predicted octanol–water partition coefficient (Wildman–Crippen LogP) is 2.73. The number of benzene rings is 2. The maximum atomic E-state index is 10.9. The summed E-state index contributed by atoms with van der Waals surface area (Å²) in [6.45, 7) is 1.60. The minimum Gasteiger partial charge on any atom is -0.481 e. The third kappa shape index (κ3) is 3.74. The number of carbonyl (C=O) groups is 1. The summed E-state index contributed by atoms with van der Waals surface area (Å²) in [5.41, 5.74) is 5.15. The monoisotopic (exact) mass is 257 g/mol. The van der Waals surface area contributed by atoms with Crippen molar-refractivity contribution in [3.8, 4) is 17.2 Å². The number of para-hydroxylation sites is 1. The Balaban J connectivity index is 2.09. The summed E-state index contributed by atoms with van der Waals surface area (Å²) in [7, 11) is 0. The molecule has 0 heterocycles. The van der Waals surface area contributed by atoms with Gasteiger partial charge in [0, 0.05) is 6.07 Å². The molecule has 0 saturated heterocycles. The van der Waals surface area contributed by atoms with Gasteiger partial charge in [-0.2, -0.15) is 0 Å². The molecule has 0 aliphatic carbocycles. The molecule has 19 heavy (non-hydrogen) atoms. The third-order valence-electron chi connectivity index (χ3n) is 2.50. The van der Waals surface area contributed by atoms with Crippen LogP contribution in [0.15, 0.2) is 54.6 Å². The van der Waals surface area contributed by atoms with Crippen molar-refractivity contribution in [2.75, 3.05) is 0 Å². The highest BCUT2D eigenvalue weighted by Gasteiger charge is 2.10. The van der Waals surface area contributed by atoms with Crippen LogP contribution in [-0.4, -0.2) is 12.0 Å². The van der Waals surface area contributed by atoms with Gasteiger partial charge in [0.15, 0.2) is 6.10 Å². The Hall–Kier alpha value is -2.49. The Kier molecular flexibility index (Phi) is 4.03. The Labute approximate surface area is 111 Å². The summed E-state index contributed by atoms with van der Waals surface area (Å²) in [4.78, 5) is 10.9. The largest absolute Gasteiger partial charge is 0.481 e. The molecule has 1 amide bonds. The van der Waals surface area contributed by atoms with Gasteiger partial charge in [0.25, 0.3) is 5.91 Å². The number of primary amides is 1. The van der Waals surface area contributed by atoms with Crippen LogP contribution >= 0.6 is 0 Å². The van der Waals surface area contributed by atoms with Crippen molar-refractivity contribution in [3.63, 3.8) is 0 Å². The zero-order valence-electron chi connectivity index (χ0n) is 10.6. The van der Waals surface area contributed by atoms with Crippen LogP contribution in [0.3, 0.4) is 0 Å². The van der Waals surface area contributed by atoms with E-state index >= 15 is 0 Å². The number of nitrogens with two attached hydrogens (primary N) is 1. The highest BCUT2D eigenvalue weighted by atomic mass is 16.5. The van der Waals surface area contributed by atoms with Gasteiger partial charge in [-0.1, -0.05) is 24.3 Å². The molecule has 0 bridgehead atoms. The SMILES string of the molecule is C[C@@H](Oc1cccc(Oc2ccccc2)c1)C(N)=O. The summed E-state index contributed by atoms with van der Waals surface area (Å²) in [5.74, 6) is 1.41. The van der Waals surface area contributed by atoms with E-state index in [9.17, 15) is 4.79 Å². The fourth-order valence-electron chi connectivity index (χ4n) is 1.50. The second-order valence-corrected chi connectivity index (χ2v) is 4.05. The summed E-state index contributed by atoms with van der Waals surface area (Å²) >= 11 is 0. The first kappa shape index (κ1) is 13.0. The molecule has 0 spiro atoms. The van der Waals surface area contributed by atoms with Crippen LogP contribution in [-0.2, 0) is 4.79 Å². The lowest BCUT2D eigenvalue weighted by molar-refractivity contribution is -0.123. The molecule has 0 unspecified atom stereocenters. The second kappa shape index (κ2) is 5.91. The molecule has 0 radical (unpaired) electrons. The Morgan fingerprint density at radius 1 is 1.00 bits per heavy atom. The normalized spacial score (nSPS) is 11.6. The average molecular weight is 257 g/mol. The van der Waals surface area contributed by atoms with Gasteiger partial charge < -0.3 is 15.2 Å². The lowest BCUT2D eigenvalue weighted by Gasteiger charge is -2.12. The van der Waals surface area contributed by atoms with Crippen LogP contribution in [0, 0.1) is 0 Å². The molecule has 4 nitrogen and oxygen atoms in total. The van der Waals surface area contributed by atoms with E-state index in [2.05, 4.69) is 0 Å². The van der Waals surface area contributed by atoms with Crippen molar-refractivity contribution in [3.05, 3.63) is 54.6 Å². The van der Waals surface area contributed by atoms with Crippen LogP contribution in [0.25, 0.3) is 0 Å². The minimum absolute atomic E-state index is 0.505. The zero-order chi connectivity index (χ0) is 13.7. The summed E-state index contributed by atoms with van der Waals surface area (Å²) < 4.78 is 11.1. The fourth-order valence-corrected chi connectivity index (χ4v) is 1.50. The Morgan fingerprint density at radius 2 is 1.63 bits per heavy atom. The molecule has 2 rings (SSSR count). The third-order valence-corrected chi connectivity index (χ3v) is 2.50. The molecule has 0 fully saturated rings. The van der Waals surface area contributed by atoms with Gasteiger partial charge in [0.2, 0.25) is 0 Å². The van der Waals surface area contributed by atoms with Crippen LogP contribution in [0.5, 0.6) is 17.2 Å². The minimum atomic E-state index is -0.674. The topological polar surface area (TPSA) is 61.6 Å². The highest BCUT2D eigenvalue weighted by Crippen LogP contribution is 2.25. The van der Waals surface area contributed by atoms with Crippen molar-refractivity contribution >= 4 is 5.91 Å². The molecule has 2 N–H and O–H groups in total. The maximum absolute atomic E-state index is 10.9. The first-order valence-corrected chi connectivity index (χ1v) is 5.94. The van der Waals surface area contributed by atoms with Gasteiger partial charge in [-0.3, -0.25) is 4.79 Å². The lowest BCUT2D eigenvalue weighted by Crippen LogP contribution is -2.30. The Bertz CT molecular complexity index is 554. The predicted molar refractivity (Wildman–Crippen MR) is 72.2 cm³/mol. The summed E-state index contributed by atoms with van der Waals surface area (Å²) in [6.07, 6.45) is -0.674. The maximum Gasteiger partial charge on any atom is 0.258 e. The second-order valence-electron chi connectivity index (χ2n) is 4.05. The van der Waals surface area contributed by atoms with Crippen LogP contribution < -0.4 is 15.2 Å². The molecule has 2 aromatic rings. The van der Waals surface area contributed by atoms with Crippen LogP contribution in [0.1, 0.15) is 6.92 Å². The molecule has 0 saturated carbocycles. The van der Waals surface area contributed by atoms with Gasteiger partial charge >= 0.3 is 0 Å². The lowest BCUT2D eigenvalue weighted by atomic mass is 10.3. The van der Waals surface area contributed by atoms with Crippen molar-refractivity contribution < 1.29 is 14.3 Å². The van der Waals surface area contributed by atoms with E-state index in [1.807, 2.05) is 36.4 Å². The van der Waals surface area contributed by atoms with Gasteiger partial charge in [-0.25, -0.2) is 0 Å². The standard InChI is InChI=1S/C15H15NO3/c1-11(15(16)17)18-13-8-5-9-14(10-13)19-12-6-3-2-4-7-12/h2-11H,1H3,(H2,16,17)/t11-/m1/s1. The number of carbonyl (C=O) groups excluding carboxylic acids is 1. The van der Waals surface area contributed by atoms with Crippen molar-refractivity contribution in [1.29, 1.82) is 0 Å². The smallest absolute Gasteiger partial charge is 0.258 e. The molecule has 98 valence electrons. The van der Waals surface area contributed by atoms with E-state index < -0.39 is 12.0 Å². The van der Waals surface area contributed by atoms with E-state index in [-0.39, 0.29) is 0 Å². The molecule has 0 aliphatic rings. The molecule has 1 atom stereocenters. The van der Waals surface area contributed by atoms with E-state index in [1.165, 1.54) is 0 Å². The molecule has 4 heteroatoms. The van der Waals surface area contributed by atoms with E-state index in [0.717, 1.165) is 5.75 Å². The molecular weight excluding hydrogens is 242 g/mol. The highest BCUT2D eigenvalue weighted by molar-refractivity contribution is 5.78. The first-order valence-electron chi connectivity index (χ1n) is 5.94. The first-order chi connectivity index (χ1) is 9.15. The average Bonchev–Trinajstić information content (AvgIpc) is 2.40. The van der Waals surface area contributed by atoms with Crippen LogP contribution in [0.4, 0.5) is 0 Å². The summed E-state index contributed by atoms with van der Waals surface area (Å²) in [5, 5.41) is 0. The van der Waals surface area contributed by atoms with Crippen molar-refractivity contribution in [2.24, 2.45) is 5.73 Å². The number of hydrogen-bond donors (Lipinski definition) is 1. The Morgan fingerprint density at radius 3 is 2.32 bits per heavy atom. The fraction of sp³-hybridized carbons (Fsp3) is 0.133. The van der Waals surface area contributed by atoms with E-state index in [1.54, 1.807) is 25.1 Å². The van der Waals surface area contributed by atoms with Crippen molar-refractivity contribution in [2.45, 2.75) is 13.0 Å². The molecule has 2 aromatic carbocycles. The zero-order valence-corrected chi connectivity index (χ0v) is 10.6. The van der Waals surface area contributed by atoms with E-state index in [4.69, 9.17) is 15.2 Å². The van der Waals surface area contributed by atoms with E-state index in [0.29, 0.717) is 11.5 Å². The van der Waals surface area contributed by atoms with Crippen LogP contribution in [0.2, 0.25) is 0 Å². The molecule has 0 aromatic heterocycles. The van der Waals surface area contributed by atoms with Gasteiger partial charge in [0.05, 0.1) is 0 Å². The summed E-state index contributed by atoms with van der Waals surface area (Å²) in [6, 6.07) is 16.5. The number of hydrogen-bond acceptors (Lipinski definition) is 3.